The summed E-state index contributed by atoms with van der Waals surface area (Å²) in [5.41, 5.74) is -0.0421. The van der Waals surface area contributed by atoms with Gasteiger partial charge in [0.25, 0.3) is 5.56 Å². The number of alkyl halides is 3. The summed E-state index contributed by atoms with van der Waals surface area (Å²) < 4.78 is 43.0. The standard InChI is InChI=1S/C19H22F3N3O4/c1-10(2)17-15-7-13(29-9-19(20,21)22)3-4-14(15)18(28)25(24-17)8-16(27)23-11-5-12(26)6-11/h3-4,7,10-12,26H,5-6,8-9H2,1-2H3,(H,23,27)/t11-,12+. The number of benzene rings is 1. The number of ether oxygens (including phenoxy) is 1. The minimum absolute atomic E-state index is 0.0167. The van der Waals surface area contributed by atoms with Gasteiger partial charge in [-0.15, -0.1) is 0 Å². The van der Waals surface area contributed by atoms with Crippen molar-refractivity contribution >= 4 is 16.7 Å². The Hall–Kier alpha value is -2.62. The molecule has 2 N–H and O–H groups in total. The van der Waals surface area contributed by atoms with E-state index in [1.165, 1.54) is 18.2 Å². The van der Waals surface area contributed by atoms with Gasteiger partial charge in [-0.05, 0) is 37.0 Å². The van der Waals surface area contributed by atoms with E-state index in [0.717, 1.165) is 4.68 Å². The number of hydrogen-bond acceptors (Lipinski definition) is 5. The number of aliphatic hydroxyl groups excluding tert-OH is 1. The lowest BCUT2D eigenvalue weighted by Crippen LogP contribution is -2.48. The SMILES string of the molecule is CC(C)c1nn(CC(=O)N[C@H]2C[C@@H](O)C2)c(=O)c2ccc(OCC(F)(F)F)cc12. The Morgan fingerprint density at radius 2 is 2.03 bits per heavy atom. The molecule has 0 bridgehead atoms. The monoisotopic (exact) mass is 413 g/mol. The number of nitrogens with one attached hydrogen (secondary N) is 1. The summed E-state index contributed by atoms with van der Waals surface area (Å²) in [7, 11) is 0. The Morgan fingerprint density at radius 1 is 1.34 bits per heavy atom. The molecule has 3 rings (SSSR count). The Bertz CT molecular complexity index is 966. The van der Waals surface area contributed by atoms with E-state index in [-0.39, 0.29) is 29.6 Å². The third-order valence-corrected chi connectivity index (χ3v) is 4.68. The van der Waals surface area contributed by atoms with Gasteiger partial charge in [0, 0.05) is 11.4 Å². The van der Waals surface area contributed by atoms with Crippen molar-refractivity contribution in [2.75, 3.05) is 6.61 Å². The molecular formula is C19H22F3N3O4. The van der Waals surface area contributed by atoms with Gasteiger partial charge in [0.05, 0.1) is 17.2 Å². The summed E-state index contributed by atoms with van der Waals surface area (Å²) in [6.45, 7) is 1.94. The normalized spacial score (nSPS) is 19.3. The molecule has 1 fully saturated rings. The summed E-state index contributed by atoms with van der Waals surface area (Å²) in [6, 6.07) is 3.92. The summed E-state index contributed by atoms with van der Waals surface area (Å²) >= 11 is 0. The number of aliphatic hydroxyl groups is 1. The fraction of sp³-hybridized carbons (Fsp3) is 0.526. The molecule has 1 aromatic carbocycles. The molecule has 158 valence electrons. The fourth-order valence-electron chi connectivity index (χ4n) is 3.19. The van der Waals surface area contributed by atoms with Crippen LogP contribution in [0.4, 0.5) is 13.2 Å². The molecule has 29 heavy (non-hydrogen) atoms. The van der Waals surface area contributed by atoms with Gasteiger partial charge in [-0.1, -0.05) is 13.8 Å². The van der Waals surface area contributed by atoms with Crippen LogP contribution in [0.2, 0.25) is 0 Å². The second-order valence-corrected chi connectivity index (χ2v) is 7.50. The van der Waals surface area contributed by atoms with Gasteiger partial charge in [-0.3, -0.25) is 9.59 Å². The third kappa shape index (κ3) is 5.06. The highest BCUT2D eigenvalue weighted by Crippen LogP contribution is 2.26. The van der Waals surface area contributed by atoms with Crippen LogP contribution in [-0.2, 0) is 11.3 Å². The van der Waals surface area contributed by atoms with Crippen LogP contribution < -0.4 is 15.6 Å². The highest BCUT2D eigenvalue weighted by atomic mass is 19.4. The number of rotatable bonds is 6. The number of carbonyl (C=O) groups is 1. The van der Waals surface area contributed by atoms with Crippen LogP contribution in [0.25, 0.3) is 10.8 Å². The molecule has 7 nitrogen and oxygen atoms in total. The number of nitrogens with zero attached hydrogens (tertiary/aromatic N) is 2. The first-order valence-corrected chi connectivity index (χ1v) is 9.25. The van der Waals surface area contributed by atoms with Crippen molar-refractivity contribution in [3.05, 3.63) is 34.2 Å². The minimum Gasteiger partial charge on any atom is -0.484 e. The van der Waals surface area contributed by atoms with Gasteiger partial charge in [0.2, 0.25) is 5.91 Å². The average molecular weight is 413 g/mol. The van der Waals surface area contributed by atoms with Gasteiger partial charge >= 0.3 is 6.18 Å². The lowest BCUT2D eigenvalue weighted by molar-refractivity contribution is -0.153. The van der Waals surface area contributed by atoms with Gasteiger partial charge in [0.15, 0.2) is 6.61 Å². The molecule has 0 unspecified atom stereocenters. The Morgan fingerprint density at radius 3 is 2.62 bits per heavy atom. The molecule has 2 aromatic rings. The molecule has 1 saturated carbocycles. The zero-order chi connectivity index (χ0) is 21.3. The minimum atomic E-state index is -4.47. The molecule has 0 atom stereocenters. The van der Waals surface area contributed by atoms with Crippen LogP contribution in [0.1, 0.15) is 38.3 Å². The number of carbonyl (C=O) groups excluding carboxylic acids is 1. The Labute approximate surface area is 164 Å². The van der Waals surface area contributed by atoms with Crippen LogP contribution in [0, 0.1) is 0 Å². The van der Waals surface area contributed by atoms with Gasteiger partial charge in [-0.25, -0.2) is 4.68 Å². The maximum atomic E-state index is 12.7. The van der Waals surface area contributed by atoms with E-state index in [1.807, 2.05) is 13.8 Å². The van der Waals surface area contributed by atoms with Crippen molar-refractivity contribution in [2.24, 2.45) is 0 Å². The number of aromatic nitrogens is 2. The van der Waals surface area contributed by atoms with Crippen molar-refractivity contribution in [3.63, 3.8) is 0 Å². The van der Waals surface area contributed by atoms with Crippen molar-refractivity contribution in [3.8, 4) is 5.75 Å². The lowest BCUT2D eigenvalue weighted by Gasteiger charge is -2.31. The van der Waals surface area contributed by atoms with Crippen LogP contribution in [0.15, 0.2) is 23.0 Å². The summed E-state index contributed by atoms with van der Waals surface area (Å²) in [5.74, 6) is -0.556. The molecular weight excluding hydrogens is 391 g/mol. The van der Waals surface area contributed by atoms with Gasteiger partial charge in [0.1, 0.15) is 12.3 Å². The highest BCUT2D eigenvalue weighted by molar-refractivity contribution is 5.86. The van der Waals surface area contributed by atoms with Crippen molar-refractivity contribution in [1.29, 1.82) is 0 Å². The fourth-order valence-corrected chi connectivity index (χ4v) is 3.19. The molecule has 1 aliphatic carbocycles. The molecule has 10 heteroatoms. The number of amides is 1. The van der Waals surface area contributed by atoms with Crippen LogP contribution >= 0.6 is 0 Å². The molecule has 1 aliphatic rings. The second-order valence-electron chi connectivity index (χ2n) is 7.50. The van der Waals surface area contributed by atoms with Gasteiger partial charge < -0.3 is 15.2 Å². The van der Waals surface area contributed by atoms with Gasteiger partial charge in [-0.2, -0.15) is 18.3 Å². The lowest BCUT2D eigenvalue weighted by atomic mass is 9.89. The molecule has 0 spiro atoms. The molecule has 0 radical (unpaired) electrons. The van der Waals surface area contributed by atoms with E-state index in [0.29, 0.717) is 23.9 Å². The number of hydrogen-bond donors (Lipinski definition) is 2. The topological polar surface area (TPSA) is 93.5 Å². The van der Waals surface area contributed by atoms with E-state index in [4.69, 9.17) is 4.74 Å². The number of halogens is 3. The second kappa shape index (κ2) is 8.02. The first kappa shape index (κ1) is 21.1. The summed E-state index contributed by atoms with van der Waals surface area (Å²) in [6.07, 6.45) is -3.93. The molecule has 0 saturated heterocycles. The average Bonchev–Trinajstić information content (AvgIpc) is 2.60. The predicted octanol–water partition coefficient (Wildman–Crippen LogP) is 2.10. The van der Waals surface area contributed by atoms with Crippen molar-refractivity contribution < 1.29 is 27.8 Å². The van der Waals surface area contributed by atoms with E-state index >= 15 is 0 Å². The Balaban J connectivity index is 1.89. The predicted molar refractivity (Wildman–Crippen MR) is 98.8 cm³/mol. The van der Waals surface area contributed by atoms with E-state index in [9.17, 15) is 27.9 Å². The smallest absolute Gasteiger partial charge is 0.422 e. The maximum absolute atomic E-state index is 12.7. The molecule has 0 aliphatic heterocycles. The van der Waals surface area contributed by atoms with E-state index in [1.54, 1.807) is 0 Å². The summed E-state index contributed by atoms with van der Waals surface area (Å²) in [4.78, 5) is 25.0. The molecule has 1 heterocycles. The van der Waals surface area contributed by atoms with Crippen LogP contribution in [0.3, 0.4) is 0 Å². The molecule has 1 aromatic heterocycles. The quantitative estimate of drug-likeness (QED) is 0.757. The van der Waals surface area contributed by atoms with Crippen LogP contribution in [-0.4, -0.2) is 45.7 Å². The zero-order valence-corrected chi connectivity index (χ0v) is 16.0. The largest absolute Gasteiger partial charge is 0.484 e. The van der Waals surface area contributed by atoms with Crippen molar-refractivity contribution in [2.45, 2.75) is 57.5 Å². The van der Waals surface area contributed by atoms with Crippen LogP contribution in [0.5, 0.6) is 5.75 Å². The zero-order valence-electron chi connectivity index (χ0n) is 16.0. The van der Waals surface area contributed by atoms with E-state index < -0.39 is 30.4 Å². The van der Waals surface area contributed by atoms with Crippen molar-refractivity contribution in [1.82, 2.24) is 15.1 Å². The first-order chi connectivity index (χ1) is 13.5. The first-order valence-electron chi connectivity index (χ1n) is 9.25. The maximum Gasteiger partial charge on any atom is 0.422 e. The summed E-state index contributed by atoms with van der Waals surface area (Å²) in [5, 5.41) is 16.9. The Kier molecular flexibility index (Phi) is 5.83. The molecule has 1 amide bonds. The third-order valence-electron chi connectivity index (χ3n) is 4.68. The number of fused-ring (bicyclic) bond motifs is 1. The highest BCUT2D eigenvalue weighted by Gasteiger charge is 2.29. The van der Waals surface area contributed by atoms with E-state index in [2.05, 4.69) is 10.4 Å².